The molecular formula is C12H16BrClN2. The van der Waals surface area contributed by atoms with Crippen LogP contribution in [0.25, 0.3) is 0 Å². The summed E-state index contributed by atoms with van der Waals surface area (Å²) in [5.41, 5.74) is 1.13. The minimum Gasteiger partial charge on any atom is -0.385 e. The van der Waals surface area contributed by atoms with Gasteiger partial charge in [0.2, 0.25) is 0 Å². The summed E-state index contributed by atoms with van der Waals surface area (Å²) in [6, 6.07) is 5.95. The zero-order valence-corrected chi connectivity index (χ0v) is 11.4. The third-order valence-corrected chi connectivity index (χ3v) is 4.13. The maximum absolute atomic E-state index is 5.94. The Bertz CT molecular complexity index is 351. The lowest BCUT2D eigenvalue weighted by Gasteiger charge is -2.23. The van der Waals surface area contributed by atoms with Gasteiger partial charge in [0.25, 0.3) is 0 Å². The van der Waals surface area contributed by atoms with Crippen molar-refractivity contribution < 1.29 is 0 Å². The molecule has 0 aromatic heterocycles. The van der Waals surface area contributed by atoms with E-state index >= 15 is 0 Å². The number of piperidine rings is 1. The molecule has 1 aliphatic heterocycles. The number of halogens is 2. The van der Waals surface area contributed by atoms with Gasteiger partial charge in [-0.05, 0) is 66.0 Å². The van der Waals surface area contributed by atoms with E-state index in [-0.39, 0.29) is 0 Å². The molecule has 1 unspecified atom stereocenters. The minimum atomic E-state index is 0.739. The molecule has 0 radical (unpaired) electrons. The van der Waals surface area contributed by atoms with Gasteiger partial charge in [-0.25, -0.2) is 0 Å². The van der Waals surface area contributed by atoms with Crippen LogP contribution in [0.1, 0.15) is 12.8 Å². The maximum Gasteiger partial charge on any atom is 0.0549 e. The van der Waals surface area contributed by atoms with Crippen LogP contribution in [-0.4, -0.2) is 19.6 Å². The highest BCUT2D eigenvalue weighted by Crippen LogP contribution is 2.25. The van der Waals surface area contributed by atoms with Gasteiger partial charge in [-0.2, -0.15) is 0 Å². The van der Waals surface area contributed by atoms with E-state index in [1.807, 2.05) is 18.2 Å². The van der Waals surface area contributed by atoms with E-state index in [1.54, 1.807) is 0 Å². The molecule has 1 heterocycles. The van der Waals surface area contributed by atoms with Gasteiger partial charge in [0, 0.05) is 16.7 Å². The monoisotopic (exact) mass is 302 g/mol. The fraction of sp³-hybridized carbons (Fsp3) is 0.500. The van der Waals surface area contributed by atoms with Crippen molar-refractivity contribution in [2.24, 2.45) is 5.92 Å². The van der Waals surface area contributed by atoms with Crippen molar-refractivity contribution in [3.05, 3.63) is 27.7 Å². The summed E-state index contributed by atoms with van der Waals surface area (Å²) in [4.78, 5) is 0. The summed E-state index contributed by atoms with van der Waals surface area (Å²) < 4.78 is 0.945. The highest BCUT2D eigenvalue weighted by atomic mass is 79.9. The van der Waals surface area contributed by atoms with Gasteiger partial charge in [-0.15, -0.1) is 0 Å². The van der Waals surface area contributed by atoms with E-state index < -0.39 is 0 Å². The number of benzene rings is 1. The van der Waals surface area contributed by atoms with Gasteiger partial charge in [0.1, 0.15) is 0 Å². The molecule has 4 heteroatoms. The Labute approximate surface area is 110 Å². The lowest BCUT2D eigenvalue weighted by molar-refractivity contribution is 0.393. The second-order valence-corrected chi connectivity index (χ2v) is 5.48. The third kappa shape index (κ3) is 3.37. The molecule has 2 N–H and O–H groups in total. The van der Waals surface area contributed by atoms with Crippen molar-refractivity contribution in [3.8, 4) is 0 Å². The average molecular weight is 304 g/mol. The van der Waals surface area contributed by atoms with Crippen molar-refractivity contribution in [3.63, 3.8) is 0 Å². The van der Waals surface area contributed by atoms with Crippen molar-refractivity contribution in [1.29, 1.82) is 0 Å². The van der Waals surface area contributed by atoms with Gasteiger partial charge < -0.3 is 10.6 Å². The van der Waals surface area contributed by atoms with Crippen LogP contribution < -0.4 is 10.6 Å². The van der Waals surface area contributed by atoms with Gasteiger partial charge >= 0.3 is 0 Å². The van der Waals surface area contributed by atoms with Crippen molar-refractivity contribution in [1.82, 2.24) is 5.32 Å². The topological polar surface area (TPSA) is 24.1 Å². The van der Waals surface area contributed by atoms with Crippen molar-refractivity contribution in [2.75, 3.05) is 25.0 Å². The Morgan fingerprint density at radius 3 is 3.06 bits per heavy atom. The number of rotatable bonds is 3. The molecule has 2 rings (SSSR count). The molecule has 1 aromatic rings. The molecule has 16 heavy (non-hydrogen) atoms. The van der Waals surface area contributed by atoms with E-state index in [9.17, 15) is 0 Å². The summed E-state index contributed by atoms with van der Waals surface area (Å²) in [7, 11) is 0. The first-order valence-electron chi connectivity index (χ1n) is 5.65. The molecule has 0 saturated carbocycles. The number of nitrogens with one attached hydrogen (secondary N) is 2. The largest absolute Gasteiger partial charge is 0.385 e. The summed E-state index contributed by atoms with van der Waals surface area (Å²) in [5.74, 6) is 0.739. The van der Waals surface area contributed by atoms with E-state index in [4.69, 9.17) is 11.6 Å². The third-order valence-electron chi connectivity index (χ3n) is 2.91. The fourth-order valence-electron chi connectivity index (χ4n) is 1.97. The first kappa shape index (κ1) is 12.2. The molecule has 1 aliphatic rings. The van der Waals surface area contributed by atoms with Crippen LogP contribution in [0, 0.1) is 5.92 Å². The van der Waals surface area contributed by atoms with Gasteiger partial charge in [-0.1, -0.05) is 11.6 Å². The quantitative estimate of drug-likeness (QED) is 0.893. The van der Waals surface area contributed by atoms with E-state index in [2.05, 4.69) is 26.6 Å². The fourth-order valence-corrected chi connectivity index (χ4v) is 2.46. The summed E-state index contributed by atoms with van der Waals surface area (Å²) >= 11 is 9.37. The van der Waals surface area contributed by atoms with E-state index in [0.29, 0.717) is 0 Å². The van der Waals surface area contributed by atoms with Crippen LogP contribution in [-0.2, 0) is 0 Å². The molecule has 88 valence electrons. The summed E-state index contributed by atoms with van der Waals surface area (Å²) in [5, 5.41) is 7.63. The molecule has 0 spiro atoms. The first-order chi connectivity index (χ1) is 7.75. The maximum atomic E-state index is 5.94. The molecule has 0 bridgehead atoms. The lowest BCUT2D eigenvalue weighted by atomic mass is 10.00. The standard InChI is InChI=1S/C12H16BrClN2/c13-11-6-10(3-4-12(11)14)16-8-9-2-1-5-15-7-9/h3-4,6,9,15-16H,1-2,5,7-8H2. The summed E-state index contributed by atoms with van der Waals surface area (Å²) in [6.45, 7) is 3.33. The molecular weight excluding hydrogens is 288 g/mol. The van der Waals surface area contributed by atoms with Crippen molar-refractivity contribution in [2.45, 2.75) is 12.8 Å². The smallest absolute Gasteiger partial charge is 0.0549 e. The molecule has 1 aromatic carbocycles. The normalized spacial score (nSPS) is 20.8. The highest BCUT2D eigenvalue weighted by Gasteiger charge is 2.12. The van der Waals surface area contributed by atoms with Crippen LogP contribution in [0.3, 0.4) is 0 Å². The highest BCUT2D eigenvalue weighted by molar-refractivity contribution is 9.10. The second-order valence-electron chi connectivity index (χ2n) is 4.22. The molecule has 2 nitrogen and oxygen atoms in total. The Balaban J connectivity index is 1.86. The van der Waals surface area contributed by atoms with Crippen LogP contribution in [0.15, 0.2) is 22.7 Å². The van der Waals surface area contributed by atoms with Gasteiger partial charge in [-0.3, -0.25) is 0 Å². The second kappa shape index (κ2) is 5.89. The Morgan fingerprint density at radius 1 is 1.50 bits per heavy atom. The van der Waals surface area contributed by atoms with Crippen molar-refractivity contribution >= 4 is 33.2 Å². The zero-order valence-electron chi connectivity index (χ0n) is 9.10. The Kier molecular flexibility index (Phi) is 4.50. The zero-order chi connectivity index (χ0) is 11.4. The predicted octanol–water partition coefficient (Wildman–Crippen LogP) is 3.51. The molecule has 0 aliphatic carbocycles. The predicted molar refractivity (Wildman–Crippen MR) is 73.2 cm³/mol. The van der Waals surface area contributed by atoms with Crippen LogP contribution >= 0.6 is 27.5 Å². The molecule has 1 saturated heterocycles. The number of anilines is 1. The molecule has 1 atom stereocenters. The number of hydrogen-bond donors (Lipinski definition) is 2. The van der Waals surface area contributed by atoms with Crippen LogP contribution in [0.4, 0.5) is 5.69 Å². The number of hydrogen-bond acceptors (Lipinski definition) is 2. The van der Waals surface area contributed by atoms with E-state index in [0.717, 1.165) is 34.2 Å². The molecule has 1 fully saturated rings. The average Bonchev–Trinajstić information content (AvgIpc) is 2.32. The SMILES string of the molecule is Clc1ccc(NCC2CCCNC2)cc1Br. The lowest BCUT2D eigenvalue weighted by Crippen LogP contribution is -2.33. The van der Waals surface area contributed by atoms with E-state index in [1.165, 1.54) is 19.4 Å². The van der Waals surface area contributed by atoms with Crippen LogP contribution in [0.2, 0.25) is 5.02 Å². The van der Waals surface area contributed by atoms with Gasteiger partial charge in [0.05, 0.1) is 5.02 Å². The Hall–Kier alpha value is -0.250. The summed E-state index contributed by atoms with van der Waals surface area (Å²) in [6.07, 6.45) is 2.60. The van der Waals surface area contributed by atoms with Crippen LogP contribution in [0.5, 0.6) is 0 Å². The Morgan fingerprint density at radius 2 is 2.38 bits per heavy atom. The molecule has 0 amide bonds. The van der Waals surface area contributed by atoms with Gasteiger partial charge in [0.15, 0.2) is 0 Å². The minimum absolute atomic E-state index is 0.739. The first-order valence-corrected chi connectivity index (χ1v) is 6.82.